The third-order valence-corrected chi connectivity index (χ3v) is 3.86. The van der Waals surface area contributed by atoms with Crippen LogP contribution in [0, 0.1) is 6.92 Å². The lowest BCUT2D eigenvalue weighted by atomic mass is 10.1. The first-order valence-electron chi connectivity index (χ1n) is 7.94. The Labute approximate surface area is 144 Å². The summed E-state index contributed by atoms with van der Waals surface area (Å²) in [7, 11) is 0. The number of carbonyl (C=O) groups excluding carboxylic acids is 2. The van der Waals surface area contributed by atoms with Crippen LogP contribution in [-0.2, 0) is 9.53 Å². The van der Waals surface area contributed by atoms with Gasteiger partial charge in [-0.25, -0.2) is 4.79 Å². The highest BCUT2D eigenvalue weighted by molar-refractivity contribution is 5.92. The molecule has 1 amide bonds. The van der Waals surface area contributed by atoms with Gasteiger partial charge in [-0.1, -0.05) is 6.07 Å². The molecule has 1 aromatic heterocycles. The third-order valence-electron chi connectivity index (χ3n) is 3.86. The van der Waals surface area contributed by atoms with Crippen molar-refractivity contribution in [1.29, 1.82) is 0 Å². The molecule has 1 aromatic carbocycles. The van der Waals surface area contributed by atoms with E-state index in [2.05, 4.69) is 5.32 Å². The molecule has 3 rings (SSSR count). The lowest BCUT2D eigenvalue weighted by Gasteiger charge is -2.21. The van der Waals surface area contributed by atoms with Crippen molar-refractivity contribution in [3.05, 3.63) is 47.4 Å². The van der Waals surface area contributed by atoms with Gasteiger partial charge < -0.3 is 23.9 Å². The van der Waals surface area contributed by atoms with E-state index in [1.54, 1.807) is 6.92 Å². The number of esters is 1. The smallest absolute Gasteiger partial charge is 0.342 e. The molecule has 1 atom stereocenters. The molecule has 0 saturated carbocycles. The summed E-state index contributed by atoms with van der Waals surface area (Å²) in [5.74, 6) is 0.824. The zero-order valence-electron chi connectivity index (χ0n) is 14.0. The first-order valence-corrected chi connectivity index (χ1v) is 7.94. The quantitative estimate of drug-likeness (QED) is 0.837. The van der Waals surface area contributed by atoms with Crippen LogP contribution in [0.1, 0.15) is 34.6 Å². The third kappa shape index (κ3) is 3.93. The molecule has 25 heavy (non-hydrogen) atoms. The van der Waals surface area contributed by atoms with Crippen molar-refractivity contribution < 1.29 is 28.2 Å². The van der Waals surface area contributed by atoms with E-state index >= 15 is 0 Å². The fraction of sp³-hybridized carbons (Fsp3) is 0.333. The van der Waals surface area contributed by atoms with E-state index in [0.717, 1.165) is 5.56 Å². The van der Waals surface area contributed by atoms with Crippen molar-refractivity contribution in [1.82, 2.24) is 5.32 Å². The molecule has 7 heteroatoms. The molecular formula is C18H19NO6. The Morgan fingerprint density at radius 3 is 2.68 bits per heavy atom. The van der Waals surface area contributed by atoms with Gasteiger partial charge in [-0.15, -0.1) is 0 Å². The summed E-state index contributed by atoms with van der Waals surface area (Å²) in [4.78, 5) is 23.9. The van der Waals surface area contributed by atoms with Crippen LogP contribution in [0.25, 0.3) is 0 Å². The summed E-state index contributed by atoms with van der Waals surface area (Å²) in [5.41, 5.74) is 1.18. The zero-order chi connectivity index (χ0) is 17.8. The van der Waals surface area contributed by atoms with Gasteiger partial charge in [0.15, 0.2) is 18.1 Å². The molecule has 2 heterocycles. The van der Waals surface area contributed by atoms with Crippen LogP contribution in [0.2, 0.25) is 0 Å². The molecule has 0 radical (unpaired) electrons. The van der Waals surface area contributed by atoms with Crippen molar-refractivity contribution in [3.8, 4) is 11.5 Å². The van der Waals surface area contributed by atoms with Gasteiger partial charge >= 0.3 is 5.97 Å². The molecule has 0 unspecified atom stereocenters. The second kappa shape index (κ2) is 7.29. The molecule has 0 saturated heterocycles. The van der Waals surface area contributed by atoms with Gasteiger partial charge in [-0.05, 0) is 37.6 Å². The maximum Gasteiger partial charge on any atom is 0.342 e. The van der Waals surface area contributed by atoms with E-state index in [9.17, 15) is 9.59 Å². The van der Waals surface area contributed by atoms with Gasteiger partial charge in [-0.2, -0.15) is 0 Å². The van der Waals surface area contributed by atoms with Gasteiger partial charge in [0.1, 0.15) is 24.5 Å². The maximum atomic E-state index is 12.0. The van der Waals surface area contributed by atoms with Gasteiger partial charge in [0, 0.05) is 0 Å². The van der Waals surface area contributed by atoms with Gasteiger partial charge in [0.25, 0.3) is 5.91 Å². The van der Waals surface area contributed by atoms with Gasteiger partial charge in [0.05, 0.1) is 12.3 Å². The Hall–Kier alpha value is -2.96. The Bertz CT molecular complexity index is 782. The molecule has 132 valence electrons. The highest BCUT2D eigenvalue weighted by Gasteiger charge is 2.18. The van der Waals surface area contributed by atoms with Crippen molar-refractivity contribution in [3.63, 3.8) is 0 Å². The number of hydrogen-bond acceptors (Lipinski definition) is 6. The Morgan fingerprint density at radius 2 is 1.96 bits per heavy atom. The summed E-state index contributed by atoms with van der Waals surface area (Å²) >= 11 is 0. The lowest BCUT2D eigenvalue weighted by molar-refractivity contribution is -0.124. The Balaban J connectivity index is 1.54. The number of rotatable bonds is 5. The normalized spacial score (nSPS) is 13.8. The molecule has 0 fully saturated rings. The monoisotopic (exact) mass is 345 g/mol. The van der Waals surface area contributed by atoms with Crippen LogP contribution in [0.15, 0.2) is 34.9 Å². The molecule has 0 spiro atoms. The van der Waals surface area contributed by atoms with Crippen LogP contribution < -0.4 is 14.8 Å². The highest BCUT2D eigenvalue weighted by atomic mass is 16.6. The van der Waals surface area contributed by atoms with Crippen LogP contribution in [0.3, 0.4) is 0 Å². The lowest BCUT2D eigenvalue weighted by Crippen LogP contribution is -2.31. The Morgan fingerprint density at radius 1 is 1.20 bits per heavy atom. The minimum Gasteiger partial charge on any atom is -0.486 e. The summed E-state index contributed by atoms with van der Waals surface area (Å²) < 4.78 is 21.0. The zero-order valence-corrected chi connectivity index (χ0v) is 14.0. The number of amides is 1. The summed E-state index contributed by atoms with van der Waals surface area (Å²) in [5, 5.41) is 2.78. The minimum absolute atomic E-state index is 0.266. The number of hydrogen-bond donors (Lipinski definition) is 1. The Kier molecular flexibility index (Phi) is 4.92. The second-order valence-corrected chi connectivity index (χ2v) is 5.66. The number of benzene rings is 1. The molecule has 1 aliphatic rings. The van der Waals surface area contributed by atoms with E-state index in [-0.39, 0.29) is 12.6 Å². The largest absolute Gasteiger partial charge is 0.486 e. The van der Waals surface area contributed by atoms with Crippen LogP contribution in [0.4, 0.5) is 0 Å². The van der Waals surface area contributed by atoms with Crippen LogP contribution >= 0.6 is 0 Å². The summed E-state index contributed by atoms with van der Waals surface area (Å²) in [6.45, 7) is 4.16. The topological polar surface area (TPSA) is 87.0 Å². The molecule has 1 N–H and O–H groups in total. The number of furan rings is 1. The van der Waals surface area contributed by atoms with Crippen molar-refractivity contribution in [2.24, 2.45) is 0 Å². The van der Waals surface area contributed by atoms with Crippen molar-refractivity contribution in [2.75, 3.05) is 19.8 Å². The molecule has 7 nitrogen and oxygen atoms in total. The summed E-state index contributed by atoms with van der Waals surface area (Å²) in [6, 6.07) is 6.75. The SMILES string of the molecule is Cc1occc1C(=O)OCC(=O)N[C@@H](C)c1ccc2c(c1)OCCO2. The van der Waals surface area contributed by atoms with E-state index < -0.39 is 11.9 Å². The fourth-order valence-electron chi connectivity index (χ4n) is 2.50. The predicted octanol–water partition coefficient (Wildman–Crippen LogP) is 2.39. The number of aryl methyl sites for hydroxylation is 1. The average molecular weight is 345 g/mol. The summed E-state index contributed by atoms with van der Waals surface area (Å²) in [6.07, 6.45) is 1.40. The van der Waals surface area contributed by atoms with Crippen LogP contribution in [0.5, 0.6) is 11.5 Å². The molecule has 0 aliphatic carbocycles. The van der Waals surface area contributed by atoms with Crippen molar-refractivity contribution in [2.45, 2.75) is 19.9 Å². The molecule has 1 aliphatic heterocycles. The number of ether oxygens (including phenoxy) is 3. The average Bonchev–Trinajstić information content (AvgIpc) is 3.05. The van der Waals surface area contributed by atoms with Crippen LogP contribution in [-0.4, -0.2) is 31.7 Å². The first-order chi connectivity index (χ1) is 12.0. The van der Waals surface area contributed by atoms with Gasteiger partial charge in [-0.3, -0.25) is 4.79 Å². The van der Waals surface area contributed by atoms with E-state index in [1.807, 2.05) is 25.1 Å². The van der Waals surface area contributed by atoms with Crippen molar-refractivity contribution >= 4 is 11.9 Å². The first kappa shape index (κ1) is 16.9. The number of fused-ring (bicyclic) bond motifs is 1. The maximum absolute atomic E-state index is 12.0. The fourth-order valence-corrected chi connectivity index (χ4v) is 2.50. The van der Waals surface area contributed by atoms with E-state index in [4.69, 9.17) is 18.6 Å². The molecular weight excluding hydrogens is 326 g/mol. The standard InChI is InChI=1S/C18H19NO6/c1-11(13-3-4-15-16(9-13)24-8-7-23-15)19-17(20)10-25-18(21)14-5-6-22-12(14)2/h3-6,9,11H,7-8,10H2,1-2H3,(H,19,20)/t11-/m0/s1. The van der Waals surface area contributed by atoms with Gasteiger partial charge in [0.2, 0.25) is 0 Å². The minimum atomic E-state index is -0.589. The molecule has 2 aromatic rings. The number of carbonyl (C=O) groups is 2. The second-order valence-electron chi connectivity index (χ2n) is 5.66. The van der Waals surface area contributed by atoms with E-state index in [1.165, 1.54) is 12.3 Å². The number of nitrogens with one attached hydrogen (secondary N) is 1. The predicted molar refractivity (Wildman–Crippen MR) is 87.7 cm³/mol. The van der Waals surface area contributed by atoms with E-state index in [0.29, 0.717) is 36.0 Å². The highest BCUT2D eigenvalue weighted by Crippen LogP contribution is 2.32. The molecule has 0 bridgehead atoms.